The second-order valence-electron chi connectivity index (χ2n) is 7.42. The molecule has 31 heavy (non-hydrogen) atoms. The second kappa shape index (κ2) is 9.75. The number of carbonyl (C=O) groups excluding carboxylic acids is 2. The lowest BCUT2D eigenvalue weighted by Crippen LogP contribution is -2.26. The van der Waals surface area contributed by atoms with E-state index in [0.29, 0.717) is 22.7 Å². The van der Waals surface area contributed by atoms with Crippen LogP contribution in [0, 0.1) is 6.92 Å². The van der Waals surface area contributed by atoms with Gasteiger partial charge in [-0.05, 0) is 62.7 Å². The molecule has 160 valence electrons. The van der Waals surface area contributed by atoms with Gasteiger partial charge in [0.25, 0.3) is 11.5 Å². The number of anilines is 2. The van der Waals surface area contributed by atoms with Crippen LogP contribution in [0.2, 0.25) is 0 Å². The standard InChI is InChI=1S/C24H25N3O4/c1-16(2)31-21-7-5-4-6-20(21)26-24(30)18-9-11-19(12-10-18)25-22(28)15-27-14-17(3)8-13-23(27)29/h4-14,16H,15H2,1-3H3,(H,25,28)(H,26,30). The molecular weight excluding hydrogens is 394 g/mol. The molecule has 0 unspecified atom stereocenters. The summed E-state index contributed by atoms with van der Waals surface area (Å²) >= 11 is 0. The van der Waals surface area contributed by atoms with Crippen molar-refractivity contribution in [2.45, 2.75) is 33.4 Å². The summed E-state index contributed by atoms with van der Waals surface area (Å²) in [7, 11) is 0. The highest BCUT2D eigenvalue weighted by atomic mass is 16.5. The maximum absolute atomic E-state index is 12.6. The van der Waals surface area contributed by atoms with Crippen molar-refractivity contribution in [3.8, 4) is 5.75 Å². The van der Waals surface area contributed by atoms with Crippen molar-refractivity contribution < 1.29 is 14.3 Å². The summed E-state index contributed by atoms with van der Waals surface area (Å²) in [6, 6.07) is 16.9. The number of para-hydroxylation sites is 2. The molecule has 7 nitrogen and oxygen atoms in total. The largest absolute Gasteiger partial charge is 0.489 e. The lowest BCUT2D eigenvalue weighted by atomic mass is 10.2. The zero-order chi connectivity index (χ0) is 22.4. The van der Waals surface area contributed by atoms with E-state index in [1.807, 2.05) is 32.9 Å². The molecule has 3 aromatic rings. The Kier molecular flexibility index (Phi) is 6.87. The van der Waals surface area contributed by atoms with Crippen LogP contribution in [0.1, 0.15) is 29.8 Å². The molecular formula is C24H25N3O4. The molecule has 0 atom stereocenters. The Labute approximate surface area is 180 Å². The highest BCUT2D eigenvalue weighted by Gasteiger charge is 2.11. The van der Waals surface area contributed by atoms with E-state index in [4.69, 9.17) is 4.74 Å². The second-order valence-corrected chi connectivity index (χ2v) is 7.42. The van der Waals surface area contributed by atoms with Gasteiger partial charge in [-0.1, -0.05) is 18.2 Å². The number of ether oxygens (including phenoxy) is 1. The van der Waals surface area contributed by atoms with Gasteiger partial charge >= 0.3 is 0 Å². The van der Waals surface area contributed by atoms with Crippen molar-refractivity contribution in [1.82, 2.24) is 4.57 Å². The number of pyridine rings is 1. The van der Waals surface area contributed by atoms with Crippen molar-refractivity contribution in [2.24, 2.45) is 0 Å². The van der Waals surface area contributed by atoms with Crippen LogP contribution in [0.15, 0.2) is 71.7 Å². The Morgan fingerprint density at radius 3 is 2.39 bits per heavy atom. The van der Waals surface area contributed by atoms with E-state index >= 15 is 0 Å². The zero-order valence-electron chi connectivity index (χ0n) is 17.7. The molecule has 3 rings (SSSR count). The SMILES string of the molecule is Cc1ccc(=O)n(CC(=O)Nc2ccc(C(=O)Nc3ccccc3OC(C)C)cc2)c1. The van der Waals surface area contributed by atoms with E-state index in [1.54, 1.807) is 48.7 Å². The molecule has 0 spiro atoms. The summed E-state index contributed by atoms with van der Waals surface area (Å²) in [5.41, 5.74) is 2.21. The van der Waals surface area contributed by atoms with Gasteiger partial charge in [0.2, 0.25) is 5.91 Å². The number of carbonyl (C=O) groups is 2. The van der Waals surface area contributed by atoms with Gasteiger partial charge in [-0.2, -0.15) is 0 Å². The first-order chi connectivity index (χ1) is 14.8. The lowest BCUT2D eigenvalue weighted by molar-refractivity contribution is -0.116. The number of hydrogen-bond acceptors (Lipinski definition) is 4. The van der Waals surface area contributed by atoms with E-state index in [0.717, 1.165) is 5.56 Å². The van der Waals surface area contributed by atoms with Crippen molar-refractivity contribution >= 4 is 23.2 Å². The van der Waals surface area contributed by atoms with Gasteiger partial charge in [-0.25, -0.2) is 0 Å². The van der Waals surface area contributed by atoms with Gasteiger partial charge in [-0.3, -0.25) is 14.4 Å². The topological polar surface area (TPSA) is 89.4 Å². The maximum Gasteiger partial charge on any atom is 0.255 e. The highest BCUT2D eigenvalue weighted by molar-refractivity contribution is 6.05. The lowest BCUT2D eigenvalue weighted by Gasteiger charge is -2.15. The Bertz CT molecular complexity index is 1130. The molecule has 0 saturated carbocycles. The normalized spacial score (nSPS) is 10.6. The summed E-state index contributed by atoms with van der Waals surface area (Å²) in [6.45, 7) is 5.60. The molecule has 0 aliphatic carbocycles. The Hall–Kier alpha value is -3.87. The van der Waals surface area contributed by atoms with Crippen LogP contribution in [0.3, 0.4) is 0 Å². The predicted octanol–water partition coefficient (Wildman–Crippen LogP) is 3.83. The quantitative estimate of drug-likeness (QED) is 0.609. The fourth-order valence-electron chi connectivity index (χ4n) is 2.96. The van der Waals surface area contributed by atoms with Crippen molar-refractivity contribution in [1.29, 1.82) is 0 Å². The number of hydrogen-bond donors (Lipinski definition) is 2. The molecule has 0 fully saturated rings. The van der Waals surface area contributed by atoms with Gasteiger partial charge in [0.1, 0.15) is 12.3 Å². The molecule has 0 radical (unpaired) electrons. The van der Waals surface area contributed by atoms with Gasteiger partial charge in [-0.15, -0.1) is 0 Å². The molecule has 0 bridgehead atoms. The van der Waals surface area contributed by atoms with Crippen LogP contribution in [-0.2, 0) is 11.3 Å². The van der Waals surface area contributed by atoms with Gasteiger partial charge in [0.15, 0.2) is 0 Å². The van der Waals surface area contributed by atoms with Crippen LogP contribution in [-0.4, -0.2) is 22.5 Å². The van der Waals surface area contributed by atoms with Crippen molar-refractivity contribution in [3.05, 3.63) is 88.3 Å². The van der Waals surface area contributed by atoms with Gasteiger partial charge < -0.3 is 19.9 Å². The Balaban J connectivity index is 1.63. The molecule has 0 saturated heterocycles. The average Bonchev–Trinajstić information content (AvgIpc) is 2.72. The summed E-state index contributed by atoms with van der Waals surface area (Å²) in [5, 5.41) is 5.58. The average molecular weight is 419 g/mol. The molecule has 0 aliphatic heterocycles. The predicted molar refractivity (Wildman–Crippen MR) is 121 cm³/mol. The van der Waals surface area contributed by atoms with Crippen molar-refractivity contribution in [2.75, 3.05) is 10.6 Å². The van der Waals surface area contributed by atoms with Crippen LogP contribution in [0.4, 0.5) is 11.4 Å². The summed E-state index contributed by atoms with van der Waals surface area (Å²) < 4.78 is 7.07. The van der Waals surface area contributed by atoms with Crippen LogP contribution < -0.4 is 20.9 Å². The van der Waals surface area contributed by atoms with Crippen LogP contribution in [0.25, 0.3) is 0 Å². The monoisotopic (exact) mass is 419 g/mol. The fourth-order valence-corrected chi connectivity index (χ4v) is 2.96. The number of amides is 2. The Morgan fingerprint density at radius 1 is 0.968 bits per heavy atom. The van der Waals surface area contributed by atoms with E-state index in [2.05, 4.69) is 10.6 Å². The number of aryl methyl sites for hydroxylation is 1. The molecule has 2 N–H and O–H groups in total. The third kappa shape index (κ3) is 6.05. The minimum absolute atomic E-state index is 0.0170. The van der Waals surface area contributed by atoms with Gasteiger partial charge in [0.05, 0.1) is 11.8 Å². The molecule has 7 heteroatoms. The van der Waals surface area contributed by atoms with E-state index in [-0.39, 0.29) is 30.0 Å². The number of aromatic nitrogens is 1. The molecule has 0 aliphatic rings. The van der Waals surface area contributed by atoms with E-state index in [1.165, 1.54) is 10.6 Å². The van der Waals surface area contributed by atoms with Crippen LogP contribution >= 0.6 is 0 Å². The Morgan fingerprint density at radius 2 is 1.68 bits per heavy atom. The minimum Gasteiger partial charge on any atom is -0.489 e. The van der Waals surface area contributed by atoms with E-state index in [9.17, 15) is 14.4 Å². The first-order valence-electron chi connectivity index (χ1n) is 9.96. The number of nitrogens with zero attached hydrogens (tertiary/aromatic N) is 1. The number of nitrogens with one attached hydrogen (secondary N) is 2. The molecule has 2 amide bonds. The number of benzene rings is 2. The highest BCUT2D eigenvalue weighted by Crippen LogP contribution is 2.25. The molecule has 2 aromatic carbocycles. The summed E-state index contributed by atoms with van der Waals surface area (Å²) in [5.74, 6) is -0.0187. The first-order valence-corrected chi connectivity index (χ1v) is 9.96. The summed E-state index contributed by atoms with van der Waals surface area (Å²) in [4.78, 5) is 36.7. The van der Waals surface area contributed by atoms with Crippen LogP contribution in [0.5, 0.6) is 5.75 Å². The molecule has 1 heterocycles. The fraction of sp³-hybridized carbons (Fsp3) is 0.208. The van der Waals surface area contributed by atoms with Crippen molar-refractivity contribution in [3.63, 3.8) is 0 Å². The van der Waals surface area contributed by atoms with Gasteiger partial charge in [0, 0.05) is 23.5 Å². The zero-order valence-corrected chi connectivity index (χ0v) is 17.7. The third-order valence-corrected chi connectivity index (χ3v) is 4.37. The smallest absolute Gasteiger partial charge is 0.255 e. The minimum atomic E-state index is -0.329. The first kappa shape index (κ1) is 21.8. The number of rotatable bonds is 7. The maximum atomic E-state index is 12.6. The summed E-state index contributed by atoms with van der Waals surface area (Å²) in [6.07, 6.45) is 1.62. The third-order valence-electron chi connectivity index (χ3n) is 4.37. The molecule has 1 aromatic heterocycles. The van der Waals surface area contributed by atoms with E-state index < -0.39 is 0 Å².